The van der Waals surface area contributed by atoms with Crippen molar-refractivity contribution in [1.82, 2.24) is 0 Å². The van der Waals surface area contributed by atoms with Crippen LogP contribution in [0.3, 0.4) is 0 Å². The Morgan fingerprint density at radius 3 is 2.75 bits per heavy atom. The normalized spacial score (nSPS) is 9.94. The van der Waals surface area contributed by atoms with Crippen molar-refractivity contribution in [2.45, 2.75) is 13.3 Å². The Morgan fingerprint density at radius 2 is 2.19 bits per heavy atom. The van der Waals surface area contributed by atoms with E-state index in [4.69, 9.17) is 9.84 Å². The lowest BCUT2D eigenvalue weighted by Gasteiger charge is -2.09. The Balaban J connectivity index is 2.71. The number of carbonyl (C=O) groups excluding carboxylic acids is 1. The van der Waals surface area contributed by atoms with Crippen LogP contribution in [0.1, 0.15) is 22.3 Å². The molecule has 1 rings (SSSR count). The first kappa shape index (κ1) is 12.5. The van der Waals surface area contributed by atoms with Gasteiger partial charge in [0.15, 0.2) is 0 Å². The molecule has 0 atom stereocenters. The molecule has 16 heavy (non-hydrogen) atoms. The molecule has 0 aliphatic carbocycles. The molecule has 4 nitrogen and oxygen atoms in total. The van der Waals surface area contributed by atoms with E-state index in [1.165, 1.54) is 7.11 Å². The van der Waals surface area contributed by atoms with Gasteiger partial charge in [0.1, 0.15) is 5.75 Å². The minimum Gasteiger partial charge on any atom is -0.493 e. The largest absolute Gasteiger partial charge is 0.493 e. The monoisotopic (exact) mass is 224 g/mol. The van der Waals surface area contributed by atoms with E-state index in [2.05, 4.69) is 4.74 Å². The van der Waals surface area contributed by atoms with Gasteiger partial charge in [-0.25, -0.2) is 4.79 Å². The molecule has 1 aromatic carbocycles. The molecule has 0 aliphatic heterocycles. The molecule has 0 spiro atoms. The molecule has 0 heterocycles. The maximum atomic E-state index is 11.2. The maximum absolute atomic E-state index is 11.2. The third-order valence-corrected chi connectivity index (χ3v) is 2.16. The van der Waals surface area contributed by atoms with Gasteiger partial charge in [-0.2, -0.15) is 0 Å². The lowest BCUT2D eigenvalue weighted by Crippen LogP contribution is -2.04. The van der Waals surface area contributed by atoms with Crippen molar-refractivity contribution < 1.29 is 19.4 Å². The second-order valence-electron chi connectivity index (χ2n) is 3.40. The van der Waals surface area contributed by atoms with Gasteiger partial charge in [-0.05, 0) is 30.7 Å². The van der Waals surface area contributed by atoms with Crippen LogP contribution in [0.5, 0.6) is 5.75 Å². The van der Waals surface area contributed by atoms with E-state index in [9.17, 15) is 4.79 Å². The maximum Gasteiger partial charge on any atom is 0.337 e. The summed E-state index contributed by atoms with van der Waals surface area (Å²) in [6, 6.07) is 5.12. The fraction of sp³-hybridized carbons (Fsp3) is 0.417. The van der Waals surface area contributed by atoms with Crippen LogP contribution in [0.25, 0.3) is 0 Å². The van der Waals surface area contributed by atoms with Gasteiger partial charge in [0.2, 0.25) is 0 Å². The average molecular weight is 224 g/mol. The summed E-state index contributed by atoms with van der Waals surface area (Å²) in [6.45, 7) is 2.44. The Labute approximate surface area is 94.8 Å². The van der Waals surface area contributed by atoms with Crippen LogP contribution in [-0.2, 0) is 4.74 Å². The van der Waals surface area contributed by atoms with Crippen LogP contribution >= 0.6 is 0 Å². The molecular weight excluding hydrogens is 208 g/mol. The molecule has 0 unspecified atom stereocenters. The lowest BCUT2D eigenvalue weighted by molar-refractivity contribution is 0.0600. The van der Waals surface area contributed by atoms with E-state index in [1.807, 2.05) is 6.92 Å². The molecule has 0 amide bonds. The highest BCUT2D eigenvalue weighted by Crippen LogP contribution is 2.19. The van der Waals surface area contributed by atoms with E-state index >= 15 is 0 Å². The van der Waals surface area contributed by atoms with Gasteiger partial charge in [0.05, 0.1) is 19.3 Å². The molecule has 0 bridgehead atoms. The molecule has 1 aromatic rings. The number of aliphatic hydroxyl groups is 1. The summed E-state index contributed by atoms with van der Waals surface area (Å²) >= 11 is 0. The predicted octanol–water partition coefficient (Wildman–Crippen LogP) is 1.54. The molecular formula is C12H16O4. The molecule has 88 valence electrons. The van der Waals surface area contributed by atoms with Crippen LogP contribution in [0.15, 0.2) is 18.2 Å². The number of aryl methyl sites for hydroxylation is 1. The van der Waals surface area contributed by atoms with Gasteiger partial charge in [-0.15, -0.1) is 0 Å². The number of benzene rings is 1. The van der Waals surface area contributed by atoms with Crippen molar-refractivity contribution in [3.05, 3.63) is 29.3 Å². The predicted molar refractivity (Wildman–Crippen MR) is 59.7 cm³/mol. The van der Waals surface area contributed by atoms with Crippen LogP contribution in [0, 0.1) is 6.92 Å². The molecule has 1 N–H and O–H groups in total. The Hall–Kier alpha value is -1.55. The molecule has 0 saturated heterocycles. The number of rotatable bonds is 5. The Morgan fingerprint density at radius 1 is 1.44 bits per heavy atom. The van der Waals surface area contributed by atoms with Crippen LogP contribution in [0.2, 0.25) is 0 Å². The fourth-order valence-electron chi connectivity index (χ4n) is 1.30. The number of carbonyl (C=O) groups is 1. The number of hydrogen-bond acceptors (Lipinski definition) is 4. The summed E-state index contributed by atoms with van der Waals surface area (Å²) in [7, 11) is 1.35. The third kappa shape index (κ3) is 3.24. The lowest BCUT2D eigenvalue weighted by atomic mass is 10.1. The minimum absolute atomic E-state index is 0.110. The second kappa shape index (κ2) is 6.12. The van der Waals surface area contributed by atoms with Crippen molar-refractivity contribution in [3.8, 4) is 5.75 Å². The summed E-state index contributed by atoms with van der Waals surface area (Å²) in [6.07, 6.45) is 0.595. The van der Waals surface area contributed by atoms with Crippen LogP contribution < -0.4 is 4.74 Å². The average Bonchev–Trinajstić information content (AvgIpc) is 2.30. The Bertz CT molecular complexity index is 360. The van der Waals surface area contributed by atoms with Crippen LogP contribution in [0.4, 0.5) is 0 Å². The number of ether oxygens (including phenoxy) is 2. The van der Waals surface area contributed by atoms with Crippen molar-refractivity contribution in [1.29, 1.82) is 0 Å². The van der Waals surface area contributed by atoms with Gasteiger partial charge in [-0.1, -0.05) is 0 Å². The zero-order valence-electron chi connectivity index (χ0n) is 9.53. The highest BCUT2D eigenvalue weighted by atomic mass is 16.5. The number of hydrogen-bond donors (Lipinski definition) is 1. The second-order valence-corrected chi connectivity index (χ2v) is 3.40. The summed E-state index contributed by atoms with van der Waals surface area (Å²) in [4.78, 5) is 11.2. The fourth-order valence-corrected chi connectivity index (χ4v) is 1.30. The number of aliphatic hydroxyl groups excluding tert-OH is 1. The first-order chi connectivity index (χ1) is 7.69. The topological polar surface area (TPSA) is 55.8 Å². The van der Waals surface area contributed by atoms with Crippen molar-refractivity contribution in [2.75, 3.05) is 20.3 Å². The van der Waals surface area contributed by atoms with Crippen molar-refractivity contribution >= 4 is 5.97 Å². The zero-order chi connectivity index (χ0) is 12.0. The van der Waals surface area contributed by atoms with E-state index in [0.29, 0.717) is 18.6 Å². The first-order valence-corrected chi connectivity index (χ1v) is 5.11. The highest BCUT2D eigenvalue weighted by molar-refractivity contribution is 5.89. The van der Waals surface area contributed by atoms with Gasteiger partial charge in [0.25, 0.3) is 0 Å². The Kier molecular flexibility index (Phi) is 4.79. The summed E-state index contributed by atoms with van der Waals surface area (Å²) in [5.74, 6) is 0.367. The van der Waals surface area contributed by atoms with Gasteiger partial charge in [-0.3, -0.25) is 0 Å². The summed E-state index contributed by atoms with van der Waals surface area (Å²) < 4.78 is 10.1. The van der Waals surface area contributed by atoms with E-state index in [1.54, 1.807) is 18.2 Å². The van der Waals surface area contributed by atoms with Gasteiger partial charge < -0.3 is 14.6 Å². The van der Waals surface area contributed by atoms with E-state index in [-0.39, 0.29) is 12.6 Å². The molecule has 0 aliphatic rings. The van der Waals surface area contributed by atoms with E-state index in [0.717, 1.165) is 11.3 Å². The summed E-state index contributed by atoms with van der Waals surface area (Å²) in [5.41, 5.74) is 1.38. The molecule has 0 aromatic heterocycles. The van der Waals surface area contributed by atoms with Gasteiger partial charge in [0, 0.05) is 13.0 Å². The highest BCUT2D eigenvalue weighted by Gasteiger charge is 2.07. The van der Waals surface area contributed by atoms with Crippen LogP contribution in [-0.4, -0.2) is 31.4 Å². The zero-order valence-corrected chi connectivity index (χ0v) is 9.53. The quantitative estimate of drug-likeness (QED) is 0.609. The molecule has 0 saturated carbocycles. The third-order valence-electron chi connectivity index (χ3n) is 2.16. The van der Waals surface area contributed by atoms with Gasteiger partial charge >= 0.3 is 5.97 Å². The molecule has 4 heteroatoms. The molecule has 0 fully saturated rings. The summed E-state index contributed by atoms with van der Waals surface area (Å²) in [5, 5.41) is 8.62. The smallest absolute Gasteiger partial charge is 0.337 e. The minimum atomic E-state index is -0.356. The first-order valence-electron chi connectivity index (χ1n) is 5.11. The number of esters is 1. The van der Waals surface area contributed by atoms with Crippen molar-refractivity contribution in [2.24, 2.45) is 0 Å². The van der Waals surface area contributed by atoms with E-state index < -0.39 is 0 Å². The number of methoxy groups -OCH3 is 1. The van der Waals surface area contributed by atoms with Crippen molar-refractivity contribution in [3.63, 3.8) is 0 Å². The standard InChI is InChI=1S/C12H16O4/c1-9-8-10(12(14)15-2)4-5-11(9)16-7-3-6-13/h4-5,8,13H,3,6-7H2,1-2H3. The SMILES string of the molecule is COC(=O)c1ccc(OCCCO)c(C)c1. The molecule has 0 radical (unpaired) electrons.